The van der Waals surface area contributed by atoms with E-state index in [-0.39, 0.29) is 5.41 Å². The molecule has 0 atom stereocenters. The van der Waals surface area contributed by atoms with Gasteiger partial charge in [0.25, 0.3) is 0 Å². The second-order valence-corrected chi connectivity index (χ2v) is 4.85. The minimum Gasteiger partial charge on any atom is -0.495 e. The number of nitrogens with two attached hydrogens (primary N) is 1. The van der Waals surface area contributed by atoms with Gasteiger partial charge in [0.2, 0.25) is 0 Å². The first-order chi connectivity index (χ1) is 8.28. The molecule has 1 saturated carbocycles. The molecule has 1 fully saturated rings. The van der Waals surface area contributed by atoms with Crippen molar-refractivity contribution in [2.45, 2.75) is 25.7 Å². The summed E-state index contributed by atoms with van der Waals surface area (Å²) in [6.45, 7) is 1.68. The number of nitrogens with zero attached hydrogens (tertiary/aromatic N) is 1. The van der Waals surface area contributed by atoms with E-state index in [1.54, 1.807) is 13.3 Å². The van der Waals surface area contributed by atoms with Gasteiger partial charge in [-0.2, -0.15) is 0 Å². The highest BCUT2D eigenvalue weighted by molar-refractivity contribution is 5.37. The molecule has 0 bridgehead atoms. The first-order valence-electron chi connectivity index (χ1n) is 6.22. The molecule has 3 N–H and O–H groups in total. The maximum absolute atomic E-state index is 5.90. The van der Waals surface area contributed by atoms with E-state index in [0.717, 1.165) is 24.7 Å². The Kier molecular flexibility index (Phi) is 3.84. The molecular weight excluding hydrogens is 214 g/mol. The second-order valence-electron chi connectivity index (χ2n) is 4.85. The van der Waals surface area contributed by atoms with Gasteiger partial charge in [0.1, 0.15) is 11.6 Å². The van der Waals surface area contributed by atoms with Crippen LogP contribution in [0.15, 0.2) is 18.3 Å². The lowest BCUT2D eigenvalue weighted by atomic mass is 9.86. The van der Waals surface area contributed by atoms with Crippen molar-refractivity contribution >= 4 is 5.82 Å². The van der Waals surface area contributed by atoms with Gasteiger partial charge in [-0.25, -0.2) is 4.98 Å². The second kappa shape index (κ2) is 5.36. The SMILES string of the molecule is COc1ccc(NCC2(CN)CCCC2)nc1. The van der Waals surface area contributed by atoms with Crippen molar-refractivity contribution in [1.82, 2.24) is 4.98 Å². The van der Waals surface area contributed by atoms with Gasteiger partial charge in [-0.15, -0.1) is 0 Å². The molecule has 1 aromatic heterocycles. The van der Waals surface area contributed by atoms with E-state index in [4.69, 9.17) is 10.5 Å². The standard InChI is InChI=1S/C13H21N3O/c1-17-11-4-5-12(15-8-11)16-10-13(9-14)6-2-3-7-13/h4-5,8H,2-3,6-7,9-10,14H2,1H3,(H,15,16). The summed E-state index contributed by atoms with van der Waals surface area (Å²) in [5.41, 5.74) is 6.18. The van der Waals surface area contributed by atoms with Crippen LogP contribution in [0.2, 0.25) is 0 Å². The largest absolute Gasteiger partial charge is 0.495 e. The molecular formula is C13H21N3O. The van der Waals surface area contributed by atoms with Gasteiger partial charge >= 0.3 is 0 Å². The van der Waals surface area contributed by atoms with Crippen LogP contribution < -0.4 is 15.8 Å². The number of methoxy groups -OCH3 is 1. The van der Waals surface area contributed by atoms with Gasteiger partial charge in [0, 0.05) is 6.54 Å². The Labute approximate surface area is 103 Å². The topological polar surface area (TPSA) is 60.2 Å². The summed E-state index contributed by atoms with van der Waals surface area (Å²) in [6, 6.07) is 3.86. The Morgan fingerprint density at radius 2 is 2.18 bits per heavy atom. The van der Waals surface area contributed by atoms with Crippen molar-refractivity contribution in [2.75, 3.05) is 25.5 Å². The normalized spacial score (nSPS) is 18.0. The first kappa shape index (κ1) is 12.2. The zero-order valence-corrected chi connectivity index (χ0v) is 10.4. The molecule has 4 heteroatoms. The number of hydrogen-bond acceptors (Lipinski definition) is 4. The van der Waals surface area contributed by atoms with E-state index in [1.807, 2.05) is 12.1 Å². The summed E-state index contributed by atoms with van der Waals surface area (Å²) in [6.07, 6.45) is 6.79. The van der Waals surface area contributed by atoms with Crippen LogP contribution in [0.5, 0.6) is 5.75 Å². The van der Waals surface area contributed by atoms with Gasteiger partial charge in [0.15, 0.2) is 0 Å². The number of pyridine rings is 1. The van der Waals surface area contributed by atoms with E-state index in [9.17, 15) is 0 Å². The number of hydrogen-bond donors (Lipinski definition) is 2. The van der Waals surface area contributed by atoms with Gasteiger partial charge < -0.3 is 15.8 Å². The monoisotopic (exact) mass is 235 g/mol. The molecule has 0 spiro atoms. The molecule has 0 radical (unpaired) electrons. The highest BCUT2D eigenvalue weighted by atomic mass is 16.5. The highest BCUT2D eigenvalue weighted by Gasteiger charge is 2.32. The summed E-state index contributed by atoms with van der Waals surface area (Å²) in [7, 11) is 1.64. The molecule has 1 aliphatic rings. The maximum atomic E-state index is 5.90. The van der Waals surface area contributed by atoms with Crippen LogP contribution in [0.25, 0.3) is 0 Å². The van der Waals surface area contributed by atoms with E-state index in [2.05, 4.69) is 10.3 Å². The van der Waals surface area contributed by atoms with Gasteiger partial charge in [-0.3, -0.25) is 0 Å². The molecule has 0 aromatic carbocycles. The molecule has 1 aliphatic carbocycles. The summed E-state index contributed by atoms with van der Waals surface area (Å²) in [5.74, 6) is 1.68. The number of rotatable bonds is 5. The fourth-order valence-corrected chi connectivity index (χ4v) is 2.46. The van der Waals surface area contributed by atoms with Crippen molar-refractivity contribution in [3.63, 3.8) is 0 Å². The predicted molar refractivity (Wildman–Crippen MR) is 69.2 cm³/mol. The number of anilines is 1. The fourth-order valence-electron chi connectivity index (χ4n) is 2.46. The van der Waals surface area contributed by atoms with Gasteiger partial charge in [-0.1, -0.05) is 12.8 Å². The number of aromatic nitrogens is 1. The van der Waals surface area contributed by atoms with Crippen LogP contribution in [0.3, 0.4) is 0 Å². The summed E-state index contributed by atoms with van der Waals surface area (Å²) >= 11 is 0. The Balaban J connectivity index is 1.92. The van der Waals surface area contributed by atoms with Crippen molar-refractivity contribution in [1.29, 1.82) is 0 Å². The molecule has 2 rings (SSSR count). The van der Waals surface area contributed by atoms with Crippen LogP contribution in [-0.2, 0) is 0 Å². The van der Waals surface area contributed by atoms with Crippen LogP contribution in [0, 0.1) is 5.41 Å². The smallest absolute Gasteiger partial charge is 0.137 e. The molecule has 94 valence electrons. The van der Waals surface area contributed by atoms with E-state index >= 15 is 0 Å². The van der Waals surface area contributed by atoms with E-state index in [1.165, 1.54) is 25.7 Å². The summed E-state index contributed by atoms with van der Waals surface area (Å²) in [4.78, 5) is 4.30. The molecule has 4 nitrogen and oxygen atoms in total. The fraction of sp³-hybridized carbons (Fsp3) is 0.615. The predicted octanol–water partition coefficient (Wildman–Crippen LogP) is 2.02. The molecule has 1 aromatic rings. The average molecular weight is 235 g/mol. The van der Waals surface area contributed by atoms with Crippen LogP contribution >= 0.6 is 0 Å². The Bertz CT molecular complexity index is 344. The average Bonchev–Trinajstić information content (AvgIpc) is 2.86. The van der Waals surface area contributed by atoms with Crippen LogP contribution in [0.1, 0.15) is 25.7 Å². The third-order valence-electron chi connectivity index (χ3n) is 3.71. The molecule has 17 heavy (non-hydrogen) atoms. The third-order valence-corrected chi connectivity index (χ3v) is 3.71. The minimum atomic E-state index is 0.279. The lowest BCUT2D eigenvalue weighted by Crippen LogP contribution is -2.34. The van der Waals surface area contributed by atoms with Crippen molar-refractivity contribution in [3.05, 3.63) is 18.3 Å². The molecule has 0 unspecified atom stereocenters. The lowest BCUT2D eigenvalue weighted by molar-refractivity contribution is 0.332. The molecule has 0 saturated heterocycles. The molecule has 0 amide bonds. The highest BCUT2D eigenvalue weighted by Crippen LogP contribution is 2.37. The first-order valence-corrected chi connectivity index (χ1v) is 6.22. The quantitative estimate of drug-likeness (QED) is 0.819. The van der Waals surface area contributed by atoms with Crippen LogP contribution in [-0.4, -0.2) is 25.2 Å². The Morgan fingerprint density at radius 1 is 1.41 bits per heavy atom. The van der Waals surface area contributed by atoms with Crippen molar-refractivity contribution in [2.24, 2.45) is 11.1 Å². The van der Waals surface area contributed by atoms with E-state index < -0.39 is 0 Å². The summed E-state index contributed by atoms with van der Waals surface area (Å²) < 4.78 is 5.08. The van der Waals surface area contributed by atoms with Crippen LogP contribution in [0.4, 0.5) is 5.82 Å². The van der Waals surface area contributed by atoms with Crippen molar-refractivity contribution < 1.29 is 4.74 Å². The number of ether oxygens (including phenoxy) is 1. The Morgan fingerprint density at radius 3 is 2.71 bits per heavy atom. The van der Waals surface area contributed by atoms with Crippen molar-refractivity contribution in [3.8, 4) is 5.75 Å². The molecule has 1 heterocycles. The lowest BCUT2D eigenvalue weighted by Gasteiger charge is -2.27. The third kappa shape index (κ3) is 2.88. The number of nitrogens with one attached hydrogen (secondary N) is 1. The summed E-state index contributed by atoms with van der Waals surface area (Å²) in [5, 5.41) is 3.38. The Hall–Kier alpha value is -1.29. The zero-order chi connectivity index (χ0) is 12.1. The maximum Gasteiger partial charge on any atom is 0.137 e. The minimum absolute atomic E-state index is 0.279. The molecule has 0 aliphatic heterocycles. The van der Waals surface area contributed by atoms with E-state index in [0.29, 0.717) is 0 Å². The van der Waals surface area contributed by atoms with Gasteiger partial charge in [0.05, 0.1) is 13.3 Å². The zero-order valence-electron chi connectivity index (χ0n) is 10.4. The van der Waals surface area contributed by atoms with Gasteiger partial charge in [-0.05, 0) is 36.9 Å².